The molecule has 1 aliphatic rings. The minimum absolute atomic E-state index is 0.00989. The van der Waals surface area contributed by atoms with E-state index < -0.39 is 40.7 Å². The monoisotopic (exact) mass is 459 g/mol. The van der Waals surface area contributed by atoms with Gasteiger partial charge in [0.2, 0.25) is 15.9 Å². The summed E-state index contributed by atoms with van der Waals surface area (Å²) in [4.78, 5) is 24.5. The summed E-state index contributed by atoms with van der Waals surface area (Å²) < 4.78 is 27.8. The Morgan fingerprint density at radius 2 is 1.91 bits per heavy atom. The number of nitrogens with one attached hydrogen (secondary N) is 1. The predicted molar refractivity (Wildman–Crippen MR) is 119 cm³/mol. The van der Waals surface area contributed by atoms with Crippen LogP contribution in [0.2, 0.25) is 0 Å². The van der Waals surface area contributed by atoms with Gasteiger partial charge >= 0.3 is 6.09 Å². The molecule has 2 amide bonds. The third-order valence-electron chi connectivity index (χ3n) is 5.26. The van der Waals surface area contributed by atoms with Crippen LogP contribution in [0.15, 0.2) is 72.1 Å². The number of hydrogen-bond acceptors (Lipinski definition) is 5. The van der Waals surface area contributed by atoms with Gasteiger partial charge in [-0.3, -0.25) is 9.69 Å². The molecule has 2 unspecified atom stereocenters. The summed E-state index contributed by atoms with van der Waals surface area (Å²) in [6.45, 7) is 3.02. The van der Waals surface area contributed by atoms with Crippen molar-refractivity contribution < 1.29 is 28.2 Å². The number of carboxylic acid groups (broad SMARTS) is 1. The number of rotatable bonds is 8. The van der Waals surface area contributed by atoms with Crippen molar-refractivity contribution in [3.05, 3.63) is 72.8 Å². The van der Waals surface area contributed by atoms with Gasteiger partial charge in [-0.25, -0.2) is 13.2 Å². The lowest BCUT2D eigenvalue weighted by Gasteiger charge is -2.24. The van der Waals surface area contributed by atoms with Crippen molar-refractivity contribution in [2.75, 3.05) is 18.1 Å². The zero-order chi connectivity index (χ0) is 23.3. The van der Waals surface area contributed by atoms with E-state index in [4.69, 9.17) is 0 Å². The molecule has 0 aliphatic carbocycles. The van der Waals surface area contributed by atoms with Crippen LogP contribution < -0.4 is 10.2 Å². The summed E-state index contributed by atoms with van der Waals surface area (Å²) in [6.07, 6.45) is 0.136. The molecule has 3 rings (SSSR count). The molecule has 0 spiro atoms. The van der Waals surface area contributed by atoms with E-state index in [1.165, 1.54) is 24.3 Å². The number of carbonyl (C=O) groups is 2. The maximum absolute atomic E-state index is 13.3. The van der Waals surface area contributed by atoms with Crippen molar-refractivity contribution in [1.29, 1.82) is 0 Å². The number of carbonyl (C=O) groups excluding carboxylic acids is 1. The van der Waals surface area contributed by atoms with Gasteiger partial charge < -0.3 is 15.5 Å². The Hall–Kier alpha value is -3.21. The second kappa shape index (κ2) is 9.94. The zero-order valence-corrected chi connectivity index (χ0v) is 18.1. The summed E-state index contributed by atoms with van der Waals surface area (Å²) >= 11 is 0. The molecule has 170 valence electrons. The highest BCUT2D eigenvalue weighted by molar-refractivity contribution is 7.89. The van der Waals surface area contributed by atoms with E-state index in [-0.39, 0.29) is 30.1 Å². The van der Waals surface area contributed by atoms with E-state index in [1.54, 1.807) is 24.3 Å². The topological polar surface area (TPSA) is 127 Å². The second-order valence-electron chi connectivity index (χ2n) is 7.41. The van der Waals surface area contributed by atoms with Crippen molar-refractivity contribution in [2.24, 2.45) is 0 Å². The highest BCUT2D eigenvalue weighted by Gasteiger charge is 2.40. The van der Waals surface area contributed by atoms with Crippen molar-refractivity contribution in [3.63, 3.8) is 0 Å². The number of anilines is 1. The summed E-state index contributed by atoms with van der Waals surface area (Å²) in [5.41, 5.74) is 0.961. The molecular weight excluding hydrogens is 434 g/mol. The van der Waals surface area contributed by atoms with Gasteiger partial charge in [0.05, 0.1) is 24.1 Å². The Morgan fingerprint density at radius 1 is 1.19 bits per heavy atom. The van der Waals surface area contributed by atoms with Crippen molar-refractivity contribution in [3.8, 4) is 0 Å². The number of aliphatic hydroxyl groups is 1. The molecule has 0 bridgehead atoms. The number of hydrogen-bond donors (Lipinski definition) is 3. The van der Waals surface area contributed by atoms with Crippen molar-refractivity contribution in [2.45, 2.75) is 29.9 Å². The minimum Gasteiger partial charge on any atom is -0.465 e. The van der Waals surface area contributed by atoms with E-state index in [2.05, 4.69) is 11.9 Å². The average Bonchev–Trinajstić information content (AvgIpc) is 3.21. The van der Waals surface area contributed by atoms with Gasteiger partial charge in [-0.05, 0) is 36.3 Å². The lowest BCUT2D eigenvalue weighted by molar-refractivity contribution is -0.117. The summed E-state index contributed by atoms with van der Waals surface area (Å²) in [6, 6.07) is 13.5. The molecule has 2 aromatic carbocycles. The van der Waals surface area contributed by atoms with Crippen LogP contribution in [0.1, 0.15) is 12.0 Å². The Bertz CT molecular complexity index is 1090. The maximum Gasteiger partial charge on any atom is 0.412 e. The summed E-state index contributed by atoms with van der Waals surface area (Å²) in [5, 5.41) is 22.1. The van der Waals surface area contributed by atoms with E-state index in [0.717, 1.165) is 20.8 Å². The molecule has 2 aromatic rings. The molecule has 1 aliphatic heterocycles. The molecule has 9 nitrogen and oxygen atoms in total. The molecule has 32 heavy (non-hydrogen) atoms. The number of amides is 2. The Balaban J connectivity index is 1.88. The Kier molecular flexibility index (Phi) is 7.29. The summed E-state index contributed by atoms with van der Waals surface area (Å²) in [5.74, 6) is -0.425. The molecule has 10 heteroatoms. The van der Waals surface area contributed by atoms with Crippen LogP contribution in [0.25, 0.3) is 0 Å². The minimum atomic E-state index is -4.05. The molecule has 3 N–H and O–H groups in total. The molecular formula is C22H25N3O6S. The van der Waals surface area contributed by atoms with Gasteiger partial charge in [0, 0.05) is 18.3 Å². The summed E-state index contributed by atoms with van der Waals surface area (Å²) in [7, 11) is -4.05. The second-order valence-corrected chi connectivity index (χ2v) is 9.30. The maximum atomic E-state index is 13.3. The molecule has 0 saturated carbocycles. The molecule has 1 fully saturated rings. The smallest absolute Gasteiger partial charge is 0.412 e. The first kappa shape index (κ1) is 23.5. The predicted octanol–water partition coefficient (Wildman–Crippen LogP) is 1.80. The SMILES string of the molecule is C=CC(=O)NC1CC(CO)N(S(=O)(=O)c2cccc(N(Cc3ccccc3)C(=O)O)c2)C1. The molecule has 2 atom stereocenters. The molecule has 1 heterocycles. The van der Waals surface area contributed by atoms with E-state index in [0.29, 0.717) is 0 Å². The first-order valence-corrected chi connectivity index (χ1v) is 11.4. The third kappa shape index (κ3) is 5.16. The van der Waals surface area contributed by atoms with Gasteiger partial charge in [0.1, 0.15) is 0 Å². The first-order valence-electron chi connectivity index (χ1n) is 9.96. The van der Waals surface area contributed by atoms with Gasteiger partial charge in [-0.1, -0.05) is 43.0 Å². The lowest BCUT2D eigenvalue weighted by Crippen LogP contribution is -2.39. The van der Waals surface area contributed by atoms with Crippen molar-refractivity contribution in [1.82, 2.24) is 9.62 Å². The fraction of sp³-hybridized carbons (Fsp3) is 0.273. The largest absolute Gasteiger partial charge is 0.465 e. The highest BCUT2D eigenvalue weighted by Crippen LogP contribution is 2.29. The van der Waals surface area contributed by atoms with Crippen LogP contribution in [0.4, 0.5) is 10.5 Å². The van der Waals surface area contributed by atoms with Crippen LogP contribution >= 0.6 is 0 Å². The van der Waals surface area contributed by atoms with Crippen LogP contribution in [0.5, 0.6) is 0 Å². The standard InChI is InChI=1S/C22H25N3O6S/c1-2-21(27)23-17-11-19(15-26)25(14-17)32(30,31)20-10-6-9-18(12-20)24(22(28)29)13-16-7-4-3-5-8-16/h2-10,12,17,19,26H,1,11,13-15H2,(H,23,27)(H,28,29). The van der Waals surface area contributed by atoms with Crippen LogP contribution in [-0.2, 0) is 21.4 Å². The third-order valence-corrected chi connectivity index (χ3v) is 7.17. The van der Waals surface area contributed by atoms with Crippen molar-refractivity contribution >= 4 is 27.7 Å². The van der Waals surface area contributed by atoms with Gasteiger partial charge in [-0.15, -0.1) is 0 Å². The van der Waals surface area contributed by atoms with Crippen LogP contribution in [0, 0.1) is 0 Å². The molecule has 1 saturated heterocycles. The average molecular weight is 460 g/mol. The van der Waals surface area contributed by atoms with Gasteiger partial charge in [0.25, 0.3) is 0 Å². The van der Waals surface area contributed by atoms with E-state index >= 15 is 0 Å². The number of nitrogens with zero attached hydrogens (tertiary/aromatic N) is 2. The zero-order valence-electron chi connectivity index (χ0n) is 17.3. The number of benzene rings is 2. The number of sulfonamides is 1. The molecule has 0 radical (unpaired) electrons. The highest BCUT2D eigenvalue weighted by atomic mass is 32.2. The molecule has 0 aromatic heterocycles. The lowest BCUT2D eigenvalue weighted by atomic mass is 10.2. The fourth-order valence-electron chi connectivity index (χ4n) is 3.69. The van der Waals surface area contributed by atoms with Crippen LogP contribution in [0.3, 0.4) is 0 Å². The van der Waals surface area contributed by atoms with Gasteiger partial charge in [-0.2, -0.15) is 4.31 Å². The fourth-order valence-corrected chi connectivity index (χ4v) is 5.41. The Labute approximate surface area is 186 Å². The van der Waals surface area contributed by atoms with Gasteiger partial charge in [0.15, 0.2) is 0 Å². The quantitative estimate of drug-likeness (QED) is 0.517. The Morgan fingerprint density at radius 3 is 2.53 bits per heavy atom. The number of aliphatic hydroxyl groups excluding tert-OH is 1. The first-order chi connectivity index (χ1) is 15.3. The van der Waals surface area contributed by atoms with E-state index in [1.807, 2.05) is 6.07 Å². The van der Waals surface area contributed by atoms with E-state index in [9.17, 15) is 28.2 Å². The van der Waals surface area contributed by atoms with Crippen LogP contribution in [-0.4, -0.2) is 60.2 Å². The normalized spacial score (nSPS) is 18.8.